The molecule has 1 aromatic carbocycles. The van der Waals surface area contributed by atoms with Gasteiger partial charge in [-0.05, 0) is 39.0 Å². The molecule has 0 atom stereocenters. The fourth-order valence-corrected chi connectivity index (χ4v) is 1.88. The van der Waals surface area contributed by atoms with Crippen LogP contribution in [0.2, 0.25) is 0 Å². The number of hydrogen-bond acceptors (Lipinski definition) is 3. The smallest absolute Gasteiger partial charge is 0.237 e. The molecule has 104 valence electrons. The largest absolute Gasteiger partial charge is 0.384 e. The molecule has 0 amide bonds. The van der Waals surface area contributed by atoms with Crippen molar-refractivity contribution in [2.75, 3.05) is 11.3 Å². The lowest BCUT2D eigenvalue weighted by Gasteiger charge is -2.20. The number of aliphatic hydroxyl groups excluding tert-OH is 1. The highest BCUT2D eigenvalue weighted by molar-refractivity contribution is 7.94. The second kappa shape index (κ2) is 5.59. The van der Waals surface area contributed by atoms with E-state index in [0.29, 0.717) is 5.56 Å². The van der Waals surface area contributed by atoms with Crippen LogP contribution in [0, 0.1) is 17.7 Å². The number of sulfonamides is 1. The summed E-state index contributed by atoms with van der Waals surface area (Å²) in [5.74, 6) is 4.21. The quantitative estimate of drug-likeness (QED) is 0.813. The fraction of sp³-hybridized carbons (Fsp3) is 0.385. The Morgan fingerprint density at radius 3 is 2.47 bits per heavy atom. The third-order valence-corrected chi connectivity index (χ3v) is 4.43. The molecule has 2 N–H and O–H groups in total. The summed E-state index contributed by atoms with van der Waals surface area (Å²) in [5, 5.41) is 8.53. The summed E-state index contributed by atoms with van der Waals surface area (Å²) in [6.07, 6.45) is 0. The van der Waals surface area contributed by atoms with Crippen LogP contribution in [-0.4, -0.2) is 24.9 Å². The van der Waals surface area contributed by atoms with Gasteiger partial charge in [0.25, 0.3) is 0 Å². The Morgan fingerprint density at radius 1 is 1.37 bits per heavy atom. The number of halogens is 1. The minimum absolute atomic E-state index is 0.121. The Labute approximate surface area is 112 Å². The van der Waals surface area contributed by atoms with Crippen molar-refractivity contribution in [3.8, 4) is 11.8 Å². The molecule has 0 bridgehead atoms. The van der Waals surface area contributed by atoms with Gasteiger partial charge in [-0.3, -0.25) is 4.72 Å². The molecule has 0 saturated carbocycles. The van der Waals surface area contributed by atoms with Crippen molar-refractivity contribution < 1.29 is 17.9 Å². The summed E-state index contributed by atoms with van der Waals surface area (Å²) in [6.45, 7) is 4.25. The molecule has 1 aromatic rings. The number of benzene rings is 1. The topological polar surface area (TPSA) is 66.4 Å². The second-order valence-electron chi connectivity index (χ2n) is 4.87. The Kier molecular flexibility index (Phi) is 4.56. The SMILES string of the molecule is CC(C)(C)S(=O)(=O)Nc1ccc(C#CCO)cc1F. The van der Waals surface area contributed by atoms with Crippen molar-refractivity contribution in [3.05, 3.63) is 29.6 Å². The summed E-state index contributed by atoms with van der Waals surface area (Å²) in [5.41, 5.74) is 0.245. The Bertz CT molecular complexity index is 622. The first-order valence-corrected chi connectivity index (χ1v) is 7.07. The minimum Gasteiger partial charge on any atom is -0.384 e. The first-order chi connectivity index (χ1) is 8.67. The zero-order valence-corrected chi connectivity index (χ0v) is 11.8. The van der Waals surface area contributed by atoms with Crippen molar-refractivity contribution >= 4 is 15.7 Å². The molecule has 0 fully saturated rings. The van der Waals surface area contributed by atoms with Gasteiger partial charge in [-0.15, -0.1) is 0 Å². The van der Waals surface area contributed by atoms with Gasteiger partial charge in [-0.1, -0.05) is 11.8 Å². The van der Waals surface area contributed by atoms with Gasteiger partial charge in [-0.2, -0.15) is 0 Å². The van der Waals surface area contributed by atoms with Crippen LogP contribution in [-0.2, 0) is 10.0 Å². The monoisotopic (exact) mass is 285 g/mol. The van der Waals surface area contributed by atoms with Gasteiger partial charge in [0, 0.05) is 5.56 Å². The van der Waals surface area contributed by atoms with Crippen LogP contribution in [0.4, 0.5) is 10.1 Å². The van der Waals surface area contributed by atoms with Crippen LogP contribution in [0.1, 0.15) is 26.3 Å². The van der Waals surface area contributed by atoms with E-state index in [-0.39, 0.29) is 12.3 Å². The Morgan fingerprint density at radius 2 is 2.00 bits per heavy atom. The summed E-state index contributed by atoms with van der Waals surface area (Å²) < 4.78 is 38.7. The molecule has 0 aliphatic rings. The molecule has 1 rings (SSSR count). The maximum absolute atomic E-state index is 13.7. The van der Waals surface area contributed by atoms with Gasteiger partial charge in [0.2, 0.25) is 10.0 Å². The molecule has 0 aliphatic heterocycles. The predicted molar refractivity (Wildman–Crippen MR) is 72.7 cm³/mol. The van der Waals surface area contributed by atoms with Crippen LogP contribution in [0.25, 0.3) is 0 Å². The van der Waals surface area contributed by atoms with E-state index in [4.69, 9.17) is 5.11 Å². The predicted octanol–water partition coefficient (Wildman–Crippen LogP) is 1.71. The molecule has 19 heavy (non-hydrogen) atoms. The molecule has 4 nitrogen and oxygen atoms in total. The maximum Gasteiger partial charge on any atom is 0.237 e. The van der Waals surface area contributed by atoms with Gasteiger partial charge in [0.05, 0.1) is 10.4 Å². The highest BCUT2D eigenvalue weighted by Crippen LogP contribution is 2.22. The van der Waals surface area contributed by atoms with E-state index < -0.39 is 20.6 Å². The van der Waals surface area contributed by atoms with E-state index >= 15 is 0 Å². The lowest BCUT2D eigenvalue weighted by molar-refractivity contribution is 0.350. The van der Waals surface area contributed by atoms with Gasteiger partial charge in [-0.25, -0.2) is 12.8 Å². The molecule has 0 unspecified atom stereocenters. The first kappa shape index (κ1) is 15.5. The molecule has 0 heterocycles. The number of rotatable bonds is 2. The molecule has 0 saturated heterocycles. The standard InChI is InChI=1S/C13H16FNO3S/c1-13(2,3)19(17,18)15-12-7-6-10(5-4-8-16)9-11(12)14/h6-7,9,15-16H,8H2,1-3H3. The minimum atomic E-state index is -3.67. The third-order valence-electron chi connectivity index (χ3n) is 2.33. The maximum atomic E-state index is 13.7. The van der Waals surface area contributed by atoms with Crippen LogP contribution in [0.5, 0.6) is 0 Å². The number of aliphatic hydroxyl groups is 1. The van der Waals surface area contributed by atoms with Crippen molar-refractivity contribution in [2.24, 2.45) is 0 Å². The lowest BCUT2D eigenvalue weighted by atomic mass is 10.2. The highest BCUT2D eigenvalue weighted by Gasteiger charge is 2.29. The van der Waals surface area contributed by atoms with E-state index in [1.54, 1.807) is 0 Å². The van der Waals surface area contributed by atoms with Gasteiger partial charge in [0.15, 0.2) is 0 Å². The van der Waals surface area contributed by atoms with E-state index in [9.17, 15) is 12.8 Å². The van der Waals surface area contributed by atoms with E-state index in [1.807, 2.05) is 0 Å². The fourth-order valence-electron chi connectivity index (χ4n) is 1.12. The van der Waals surface area contributed by atoms with Gasteiger partial charge >= 0.3 is 0 Å². The second-order valence-corrected chi connectivity index (χ2v) is 7.31. The summed E-state index contributed by atoms with van der Waals surface area (Å²) in [4.78, 5) is 0. The molecule has 6 heteroatoms. The summed E-state index contributed by atoms with van der Waals surface area (Å²) in [7, 11) is -3.67. The average Bonchev–Trinajstić information content (AvgIpc) is 2.28. The van der Waals surface area contributed by atoms with Crippen LogP contribution < -0.4 is 4.72 Å². The van der Waals surface area contributed by atoms with Crippen LogP contribution in [0.3, 0.4) is 0 Å². The van der Waals surface area contributed by atoms with Crippen molar-refractivity contribution in [1.82, 2.24) is 0 Å². The zero-order valence-electron chi connectivity index (χ0n) is 11.0. The number of anilines is 1. The molecule has 0 aromatic heterocycles. The molecule has 0 radical (unpaired) electrons. The normalized spacial score (nSPS) is 11.6. The van der Waals surface area contributed by atoms with E-state index in [2.05, 4.69) is 16.6 Å². The lowest BCUT2D eigenvalue weighted by Crippen LogP contribution is -2.33. The first-order valence-electron chi connectivity index (χ1n) is 5.59. The van der Waals surface area contributed by atoms with Gasteiger partial charge < -0.3 is 5.11 Å². The highest BCUT2D eigenvalue weighted by atomic mass is 32.2. The van der Waals surface area contributed by atoms with E-state index in [0.717, 1.165) is 6.07 Å². The third kappa shape index (κ3) is 3.94. The Hall–Kier alpha value is -1.58. The van der Waals surface area contributed by atoms with Crippen molar-refractivity contribution in [2.45, 2.75) is 25.5 Å². The van der Waals surface area contributed by atoms with Crippen LogP contribution in [0.15, 0.2) is 18.2 Å². The molecule has 0 spiro atoms. The van der Waals surface area contributed by atoms with Crippen molar-refractivity contribution in [3.63, 3.8) is 0 Å². The number of nitrogens with one attached hydrogen (secondary N) is 1. The molecule has 0 aliphatic carbocycles. The molecular formula is C13H16FNO3S. The average molecular weight is 285 g/mol. The zero-order chi connectivity index (χ0) is 14.7. The van der Waals surface area contributed by atoms with Crippen molar-refractivity contribution in [1.29, 1.82) is 0 Å². The van der Waals surface area contributed by atoms with E-state index in [1.165, 1.54) is 32.9 Å². The summed E-state index contributed by atoms with van der Waals surface area (Å²) >= 11 is 0. The Balaban J connectivity index is 3.06. The number of hydrogen-bond donors (Lipinski definition) is 2. The molecular weight excluding hydrogens is 269 g/mol. The van der Waals surface area contributed by atoms with Crippen LogP contribution >= 0.6 is 0 Å². The van der Waals surface area contributed by atoms with Gasteiger partial charge in [0.1, 0.15) is 12.4 Å². The summed E-state index contributed by atoms with van der Waals surface area (Å²) in [6, 6.07) is 3.90.